The van der Waals surface area contributed by atoms with E-state index in [1.165, 1.54) is 0 Å². The number of ether oxygens (including phenoxy) is 2. The molecule has 2 aliphatic rings. The van der Waals surface area contributed by atoms with Gasteiger partial charge in [0.1, 0.15) is 0 Å². The van der Waals surface area contributed by atoms with Crippen LogP contribution in [0.4, 0.5) is 0 Å². The molecule has 0 atom stereocenters. The minimum atomic E-state index is 0.0546. The molecule has 0 radical (unpaired) electrons. The lowest BCUT2D eigenvalue weighted by molar-refractivity contribution is -0.0307. The molecule has 0 bridgehead atoms. The van der Waals surface area contributed by atoms with Gasteiger partial charge in [0.25, 0.3) is 5.91 Å². The van der Waals surface area contributed by atoms with Crippen molar-refractivity contribution in [1.82, 2.24) is 14.8 Å². The number of likely N-dealkylation sites (N-methyl/N-ethyl adjacent to an activating group) is 1. The monoisotopic (exact) mass is 333 g/mol. The molecule has 24 heavy (non-hydrogen) atoms. The molecule has 0 aliphatic carbocycles. The summed E-state index contributed by atoms with van der Waals surface area (Å²) in [5, 5.41) is 0. The average molecular weight is 333 g/mol. The van der Waals surface area contributed by atoms with Crippen LogP contribution in [0.15, 0.2) is 18.3 Å². The molecule has 6 nitrogen and oxygen atoms in total. The average Bonchev–Trinajstić information content (AvgIpc) is 2.81. The van der Waals surface area contributed by atoms with Crippen LogP contribution in [0.1, 0.15) is 36.5 Å². The van der Waals surface area contributed by atoms with E-state index in [0.29, 0.717) is 11.4 Å². The second-order valence-electron chi connectivity index (χ2n) is 6.59. The zero-order chi connectivity index (χ0) is 17.0. The van der Waals surface area contributed by atoms with Crippen LogP contribution >= 0.6 is 0 Å². The number of methoxy groups -OCH3 is 1. The molecule has 3 rings (SSSR count). The zero-order valence-corrected chi connectivity index (χ0v) is 14.7. The summed E-state index contributed by atoms with van der Waals surface area (Å²) < 4.78 is 10.7. The highest BCUT2D eigenvalue weighted by atomic mass is 16.5. The summed E-state index contributed by atoms with van der Waals surface area (Å²) in [7, 11) is 1.58. The van der Waals surface area contributed by atoms with Gasteiger partial charge in [0.2, 0.25) is 5.88 Å². The lowest BCUT2D eigenvalue weighted by Crippen LogP contribution is -2.57. The van der Waals surface area contributed by atoms with Gasteiger partial charge in [-0.1, -0.05) is 6.92 Å². The minimum absolute atomic E-state index is 0.0546. The maximum Gasteiger partial charge on any atom is 0.255 e. The predicted molar refractivity (Wildman–Crippen MR) is 91.3 cm³/mol. The first-order valence-electron chi connectivity index (χ1n) is 8.80. The maximum absolute atomic E-state index is 13.0. The number of hydrogen-bond donors (Lipinski definition) is 0. The van der Waals surface area contributed by atoms with Gasteiger partial charge in [-0.25, -0.2) is 4.98 Å². The number of amides is 1. The Morgan fingerprint density at radius 2 is 2.12 bits per heavy atom. The Morgan fingerprint density at radius 3 is 2.75 bits per heavy atom. The third-order valence-corrected chi connectivity index (χ3v) is 5.30. The van der Waals surface area contributed by atoms with Gasteiger partial charge in [0.05, 0.1) is 12.7 Å². The van der Waals surface area contributed by atoms with Crippen LogP contribution in [0.25, 0.3) is 0 Å². The van der Waals surface area contributed by atoms with E-state index in [0.717, 1.165) is 58.7 Å². The Balaban J connectivity index is 1.80. The topological polar surface area (TPSA) is 54.9 Å². The summed E-state index contributed by atoms with van der Waals surface area (Å²) >= 11 is 0. The molecule has 0 N–H and O–H groups in total. The van der Waals surface area contributed by atoms with Gasteiger partial charge in [-0.3, -0.25) is 9.69 Å². The summed E-state index contributed by atoms with van der Waals surface area (Å²) in [4.78, 5) is 21.7. The van der Waals surface area contributed by atoms with Crippen molar-refractivity contribution in [3.8, 4) is 5.88 Å². The van der Waals surface area contributed by atoms with Crippen molar-refractivity contribution in [1.29, 1.82) is 0 Å². The number of rotatable bonds is 3. The predicted octanol–water partition coefficient (Wildman–Crippen LogP) is 1.81. The highest BCUT2D eigenvalue weighted by Gasteiger charge is 2.41. The standard InChI is InChI=1S/C18H27N3O3/c1-3-21-10-4-9-20(14-18(21)7-11-24-12-8-18)17(22)15-5-6-16(23-2)19-13-15/h5-6,13H,3-4,7-12,14H2,1-2H3. The molecule has 0 aromatic carbocycles. The van der Waals surface area contributed by atoms with Crippen LogP contribution < -0.4 is 4.74 Å². The first-order valence-corrected chi connectivity index (χ1v) is 8.80. The SMILES string of the molecule is CCN1CCCN(C(=O)c2ccc(OC)nc2)CC12CCOCC2. The van der Waals surface area contributed by atoms with Gasteiger partial charge < -0.3 is 14.4 Å². The maximum atomic E-state index is 13.0. The van der Waals surface area contributed by atoms with E-state index in [-0.39, 0.29) is 11.4 Å². The normalized spacial score (nSPS) is 21.5. The van der Waals surface area contributed by atoms with Crippen molar-refractivity contribution in [3.63, 3.8) is 0 Å². The van der Waals surface area contributed by atoms with Gasteiger partial charge in [0, 0.05) is 50.7 Å². The van der Waals surface area contributed by atoms with Crippen molar-refractivity contribution < 1.29 is 14.3 Å². The number of nitrogens with zero attached hydrogens (tertiary/aromatic N) is 3. The molecular formula is C18H27N3O3. The van der Waals surface area contributed by atoms with Crippen molar-refractivity contribution in [2.24, 2.45) is 0 Å². The van der Waals surface area contributed by atoms with Crippen LogP contribution in [0.2, 0.25) is 0 Å². The Morgan fingerprint density at radius 1 is 1.33 bits per heavy atom. The molecule has 2 aliphatic heterocycles. The molecule has 3 heterocycles. The zero-order valence-electron chi connectivity index (χ0n) is 14.7. The lowest BCUT2D eigenvalue weighted by atomic mass is 9.87. The van der Waals surface area contributed by atoms with E-state index in [1.807, 2.05) is 4.90 Å². The minimum Gasteiger partial charge on any atom is -0.481 e. The summed E-state index contributed by atoms with van der Waals surface area (Å²) in [5.41, 5.74) is 0.682. The van der Waals surface area contributed by atoms with Gasteiger partial charge in [0.15, 0.2) is 0 Å². The van der Waals surface area contributed by atoms with E-state index >= 15 is 0 Å². The summed E-state index contributed by atoms with van der Waals surface area (Å²) in [6, 6.07) is 3.54. The Labute approximate surface area is 143 Å². The first-order chi connectivity index (χ1) is 11.7. The molecule has 6 heteroatoms. The van der Waals surface area contributed by atoms with E-state index in [4.69, 9.17) is 9.47 Å². The Kier molecular flexibility index (Phi) is 5.36. The number of pyridine rings is 1. The van der Waals surface area contributed by atoms with Crippen LogP contribution in [0, 0.1) is 0 Å². The second-order valence-corrected chi connectivity index (χ2v) is 6.59. The molecule has 0 unspecified atom stereocenters. The Bertz CT molecular complexity index is 555. The van der Waals surface area contributed by atoms with E-state index in [9.17, 15) is 4.79 Å². The van der Waals surface area contributed by atoms with Crippen molar-refractivity contribution in [2.75, 3.05) is 46.5 Å². The molecule has 1 aromatic heterocycles. The number of carbonyl (C=O) groups is 1. The summed E-state index contributed by atoms with van der Waals surface area (Å²) in [6.07, 6.45) is 4.60. The number of hydrogen-bond acceptors (Lipinski definition) is 5. The van der Waals surface area contributed by atoms with Gasteiger partial charge in [-0.2, -0.15) is 0 Å². The Hall–Kier alpha value is -1.66. The fourth-order valence-corrected chi connectivity index (χ4v) is 3.93. The van der Waals surface area contributed by atoms with Gasteiger partial charge in [-0.05, 0) is 31.9 Å². The molecule has 0 saturated carbocycles. The molecule has 2 fully saturated rings. The third-order valence-electron chi connectivity index (χ3n) is 5.30. The molecule has 1 spiro atoms. The van der Waals surface area contributed by atoms with Gasteiger partial charge >= 0.3 is 0 Å². The first kappa shape index (κ1) is 17.2. The molecule has 1 amide bonds. The highest BCUT2D eigenvalue weighted by molar-refractivity contribution is 5.94. The summed E-state index contributed by atoms with van der Waals surface area (Å²) in [5.74, 6) is 0.592. The van der Waals surface area contributed by atoms with E-state index < -0.39 is 0 Å². The van der Waals surface area contributed by atoms with E-state index in [1.54, 1.807) is 25.4 Å². The summed E-state index contributed by atoms with van der Waals surface area (Å²) in [6.45, 7) is 7.40. The molecule has 2 saturated heterocycles. The van der Waals surface area contributed by atoms with Crippen molar-refractivity contribution >= 4 is 5.91 Å². The molecule has 1 aromatic rings. The fourth-order valence-electron chi connectivity index (χ4n) is 3.93. The molecule has 132 valence electrons. The van der Waals surface area contributed by atoms with Crippen LogP contribution in [-0.2, 0) is 4.74 Å². The quantitative estimate of drug-likeness (QED) is 0.844. The van der Waals surface area contributed by atoms with Gasteiger partial charge in [-0.15, -0.1) is 0 Å². The smallest absolute Gasteiger partial charge is 0.255 e. The second kappa shape index (κ2) is 7.49. The van der Waals surface area contributed by atoms with Crippen LogP contribution in [0.5, 0.6) is 5.88 Å². The number of carbonyl (C=O) groups excluding carboxylic acids is 1. The van der Waals surface area contributed by atoms with Crippen molar-refractivity contribution in [2.45, 2.75) is 31.7 Å². The van der Waals surface area contributed by atoms with E-state index in [2.05, 4.69) is 16.8 Å². The van der Waals surface area contributed by atoms with Crippen LogP contribution in [-0.4, -0.2) is 72.7 Å². The number of aromatic nitrogens is 1. The lowest BCUT2D eigenvalue weighted by Gasteiger charge is -2.46. The highest BCUT2D eigenvalue weighted by Crippen LogP contribution is 2.31. The largest absolute Gasteiger partial charge is 0.481 e. The third kappa shape index (κ3) is 3.39. The van der Waals surface area contributed by atoms with Crippen LogP contribution in [0.3, 0.4) is 0 Å². The molecular weight excluding hydrogens is 306 g/mol. The fraction of sp³-hybridized carbons (Fsp3) is 0.667. The van der Waals surface area contributed by atoms with Crippen molar-refractivity contribution in [3.05, 3.63) is 23.9 Å².